The van der Waals surface area contributed by atoms with Crippen molar-refractivity contribution < 1.29 is 4.79 Å². The summed E-state index contributed by atoms with van der Waals surface area (Å²) in [6.07, 6.45) is 1.76. The zero-order chi connectivity index (χ0) is 21.1. The van der Waals surface area contributed by atoms with Crippen LogP contribution in [0.25, 0.3) is 21.3 Å². The minimum Gasteiger partial charge on any atom is -0.352 e. The van der Waals surface area contributed by atoms with Crippen molar-refractivity contribution >= 4 is 27.5 Å². The molecule has 6 heteroatoms. The number of thiophene rings is 1. The van der Waals surface area contributed by atoms with Gasteiger partial charge in [0.05, 0.1) is 11.7 Å². The van der Waals surface area contributed by atoms with Crippen LogP contribution < -0.4 is 10.9 Å². The van der Waals surface area contributed by atoms with Crippen LogP contribution in [-0.4, -0.2) is 15.5 Å². The summed E-state index contributed by atoms with van der Waals surface area (Å²) < 4.78 is 1.53. The van der Waals surface area contributed by atoms with E-state index in [1.165, 1.54) is 33.4 Å². The summed E-state index contributed by atoms with van der Waals surface area (Å²) >= 11 is 1.46. The van der Waals surface area contributed by atoms with Gasteiger partial charge in [-0.3, -0.25) is 14.2 Å². The number of hydrogen-bond donors (Lipinski definition) is 1. The van der Waals surface area contributed by atoms with E-state index in [-0.39, 0.29) is 17.9 Å². The molecule has 0 saturated carbocycles. The number of hydrogen-bond acceptors (Lipinski definition) is 4. The predicted octanol–water partition coefficient (Wildman–Crippen LogP) is 4.45. The van der Waals surface area contributed by atoms with Gasteiger partial charge in [-0.05, 0) is 25.0 Å². The van der Waals surface area contributed by atoms with E-state index < -0.39 is 0 Å². The SMILES string of the molecule is Cc1ccc(CNC(=O)CCn2cnc3scc(-c4ccc(C)cc4)c3c2=O)cc1. The Bertz CT molecular complexity index is 1240. The highest BCUT2D eigenvalue weighted by Crippen LogP contribution is 2.30. The van der Waals surface area contributed by atoms with E-state index in [1.54, 1.807) is 0 Å². The molecule has 2 aromatic heterocycles. The van der Waals surface area contributed by atoms with E-state index in [9.17, 15) is 9.59 Å². The second-order valence-electron chi connectivity index (χ2n) is 7.45. The van der Waals surface area contributed by atoms with Crippen LogP contribution in [0.1, 0.15) is 23.1 Å². The summed E-state index contributed by atoms with van der Waals surface area (Å²) in [6, 6.07) is 16.2. The van der Waals surface area contributed by atoms with E-state index in [1.807, 2.05) is 67.8 Å². The Kier molecular flexibility index (Phi) is 5.77. The van der Waals surface area contributed by atoms with Gasteiger partial charge < -0.3 is 5.32 Å². The van der Waals surface area contributed by atoms with Crippen molar-refractivity contribution in [1.29, 1.82) is 0 Å². The number of benzene rings is 2. The highest BCUT2D eigenvalue weighted by Gasteiger charge is 2.14. The van der Waals surface area contributed by atoms with Crippen molar-refractivity contribution in [3.05, 3.63) is 87.3 Å². The van der Waals surface area contributed by atoms with E-state index in [0.29, 0.717) is 18.5 Å². The molecular formula is C24H23N3O2S. The van der Waals surface area contributed by atoms with Gasteiger partial charge in [-0.1, -0.05) is 59.7 Å². The maximum Gasteiger partial charge on any atom is 0.262 e. The molecule has 0 radical (unpaired) electrons. The first-order chi connectivity index (χ1) is 14.5. The van der Waals surface area contributed by atoms with Crippen LogP contribution in [0.5, 0.6) is 0 Å². The van der Waals surface area contributed by atoms with Gasteiger partial charge in [0.25, 0.3) is 5.56 Å². The third kappa shape index (κ3) is 4.33. The van der Waals surface area contributed by atoms with Gasteiger partial charge in [0.15, 0.2) is 0 Å². The zero-order valence-electron chi connectivity index (χ0n) is 17.0. The molecule has 0 saturated heterocycles. The normalized spacial score (nSPS) is 11.0. The molecule has 0 fully saturated rings. The van der Waals surface area contributed by atoms with E-state index in [4.69, 9.17) is 0 Å². The van der Waals surface area contributed by atoms with Crippen LogP contribution in [0.15, 0.2) is 65.0 Å². The molecule has 2 aromatic carbocycles. The lowest BCUT2D eigenvalue weighted by molar-refractivity contribution is -0.121. The van der Waals surface area contributed by atoms with Crippen molar-refractivity contribution in [3.8, 4) is 11.1 Å². The molecule has 4 rings (SSSR count). The second-order valence-corrected chi connectivity index (χ2v) is 8.31. The molecule has 0 atom stereocenters. The highest BCUT2D eigenvalue weighted by molar-refractivity contribution is 7.17. The molecule has 4 aromatic rings. The molecular weight excluding hydrogens is 394 g/mol. The maximum absolute atomic E-state index is 13.1. The Morgan fingerprint density at radius 1 is 1.03 bits per heavy atom. The Hall–Kier alpha value is -3.25. The number of amides is 1. The van der Waals surface area contributed by atoms with E-state index in [2.05, 4.69) is 10.3 Å². The molecule has 0 unspecified atom stereocenters. The number of rotatable bonds is 6. The van der Waals surface area contributed by atoms with Gasteiger partial charge in [0, 0.05) is 30.5 Å². The summed E-state index contributed by atoms with van der Waals surface area (Å²) in [7, 11) is 0. The molecule has 0 aliphatic heterocycles. The molecule has 30 heavy (non-hydrogen) atoms. The van der Waals surface area contributed by atoms with Crippen molar-refractivity contribution in [2.45, 2.75) is 33.4 Å². The number of carbonyl (C=O) groups is 1. The average Bonchev–Trinajstić information content (AvgIpc) is 3.18. The van der Waals surface area contributed by atoms with Crippen molar-refractivity contribution in [1.82, 2.24) is 14.9 Å². The Morgan fingerprint density at radius 3 is 2.40 bits per heavy atom. The minimum absolute atomic E-state index is 0.0911. The van der Waals surface area contributed by atoms with Crippen molar-refractivity contribution in [2.24, 2.45) is 0 Å². The highest BCUT2D eigenvalue weighted by atomic mass is 32.1. The monoisotopic (exact) mass is 417 g/mol. The fourth-order valence-electron chi connectivity index (χ4n) is 3.29. The Balaban J connectivity index is 1.48. The van der Waals surface area contributed by atoms with Crippen LogP contribution >= 0.6 is 11.3 Å². The standard InChI is InChI=1S/C24H23N3O2S/c1-16-3-7-18(8-4-16)13-25-21(28)11-12-27-15-26-23-22(24(27)29)20(14-30-23)19-9-5-17(2)6-10-19/h3-10,14-15H,11-13H2,1-2H3,(H,25,28). The fraction of sp³-hybridized carbons (Fsp3) is 0.208. The van der Waals surface area contributed by atoms with Crippen LogP contribution in [-0.2, 0) is 17.9 Å². The van der Waals surface area contributed by atoms with E-state index >= 15 is 0 Å². The predicted molar refractivity (Wildman–Crippen MR) is 122 cm³/mol. The minimum atomic E-state index is -0.108. The molecule has 0 aliphatic rings. The smallest absolute Gasteiger partial charge is 0.262 e. The molecule has 5 nitrogen and oxygen atoms in total. The largest absolute Gasteiger partial charge is 0.352 e. The number of nitrogens with one attached hydrogen (secondary N) is 1. The number of fused-ring (bicyclic) bond motifs is 1. The first-order valence-electron chi connectivity index (χ1n) is 9.87. The first kappa shape index (κ1) is 20.0. The lowest BCUT2D eigenvalue weighted by Gasteiger charge is -2.08. The summed E-state index contributed by atoms with van der Waals surface area (Å²) in [5.41, 5.74) is 5.19. The maximum atomic E-state index is 13.1. The third-order valence-electron chi connectivity index (χ3n) is 5.11. The summed E-state index contributed by atoms with van der Waals surface area (Å²) in [5, 5.41) is 5.50. The molecule has 2 heterocycles. The fourth-order valence-corrected chi connectivity index (χ4v) is 4.20. The number of carbonyl (C=O) groups excluding carboxylic acids is 1. The van der Waals surface area contributed by atoms with Crippen LogP contribution in [0.3, 0.4) is 0 Å². The zero-order valence-corrected chi connectivity index (χ0v) is 17.8. The van der Waals surface area contributed by atoms with Crippen LogP contribution in [0, 0.1) is 13.8 Å². The Morgan fingerprint density at radius 2 is 1.70 bits per heavy atom. The Labute approximate surface area is 179 Å². The molecule has 0 spiro atoms. The van der Waals surface area contributed by atoms with Gasteiger partial charge in [0.2, 0.25) is 5.91 Å². The first-order valence-corrected chi connectivity index (χ1v) is 10.7. The van der Waals surface area contributed by atoms with Gasteiger partial charge in [0.1, 0.15) is 4.83 Å². The van der Waals surface area contributed by atoms with Gasteiger partial charge in [-0.25, -0.2) is 4.98 Å². The summed E-state index contributed by atoms with van der Waals surface area (Å²) in [4.78, 5) is 30.5. The van der Waals surface area contributed by atoms with Crippen molar-refractivity contribution in [3.63, 3.8) is 0 Å². The van der Waals surface area contributed by atoms with Crippen LogP contribution in [0.4, 0.5) is 0 Å². The summed E-state index contributed by atoms with van der Waals surface area (Å²) in [6.45, 7) is 4.84. The molecule has 0 aliphatic carbocycles. The van der Waals surface area contributed by atoms with Gasteiger partial charge >= 0.3 is 0 Å². The molecule has 152 valence electrons. The number of aromatic nitrogens is 2. The van der Waals surface area contributed by atoms with Crippen LogP contribution in [0.2, 0.25) is 0 Å². The third-order valence-corrected chi connectivity index (χ3v) is 6.00. The molecule has 1 amide bonds. The van der Waals surface area contributed by atoms with Gasteiger partial charge in [-0.2, -0.15) is 0 Å². The van der Waals surface area contributed by atoms with Gasteiger partial charge in [-0.15, -0.1) is 11.3 Å². The molecule has 0 bridgehead atoms. The number of aryl methyl sites for hydroxylation is 3. The van der Waals surface area contributed by atoms with E-state index in [0.717, 1.165) is 21.5 Å². The quantitative estimate of drug-likeness (QED) is 0.504. The average molecular weight is 418 g/mol. The number of nitrogens with zero attached hydrogens (tertiary/aromatic N) is 2. The molecule has 1 N–H and O–H groups in total. The van der Waals surface area contributed by atoms with Crippen molar-refractivity contribution in [2.75, 3.05) is 0 Å². The lowest BCUT2D eigenvalue weighted by Crippen LogP contribution is -2.27. The topological polar surface area (TPSA) is 64.0 Å². The second kappa shape index (κ2) is 8.63. The summed E-state index contributed by atoms with van der Waals surface area (Å²) in [5.74, 6) is -0.0911. The lowest BCUT2D eigenvalue weighted by atomic mass is 10.1.